The highest BCUT2D eigenvalue weighted by Crippen LogP contribution is 2.40. The summed E-state index contributed by atoms with van der Waals surface area (Å²) in [7, 11) is 0. The summed E-state index contributed by atoms with van der Waals surface area (Å²) >= 11 is 0. The lowest BCUT2D eigenvalue weighted by Gasteiger charge is -2.38. The van der Waals surface area contributed by atoms with Crippen LogP contribution in [-0.4, -0.2) is 46.0 Å². The van der Waals surface area contributed by atoms with E-state index in [1.54, 1.807) is 19.9 Å². The van der Waals surface area contributed by atoms with Gasteiger partial charge in [-0.1, -0.05) is 11.2 Å². The number of aryl methyl sites for hydroxylation is 2. The maximum absolute atomic E-state index is 13.5. The molecule has 1 aromatic carbocycles. The largest absolute Gasteiger partial charge is 0.361 e. The van der Waals surface area contributed by atoms with Crippen molar-refractivity contribution in [3.63, 3.8) is 0 Å². The van der Waals surface area contributed by atoms with E-state index in [2.05, 4.69) is 16.1 Å². The lowest BCUT2D eigenvalue weighted by atomic mass is 9.87. The third kappa shape index (κ3) is 3.72. The first-order valence-electron chi connectivity index (χ1n) is 10.6. The molecular weight excluding hydrogens is 383 g/mol. The van der Waals surface area contributed by atoms with E-state index in [0.29, 0.717) is 35.7 Å². The molecule has 1 aromatic heterocycles. The third-order valence-electron chi connectivity index (χ3n) is 6.75. The predicted molar refractivity (Wildman–Crippen MR) is 109 cm³/mol. The molecule has 158 valence electrons. The van der Waals surface area contributed by atoms with Gasteiger partial charge in [0.1, 0.15) is 17.1 Å². The first-order valence-corrected chi connectivity index (χ1v) is 10.6. The van der Waals surface area contributed by atoms with Crippen molar-refractivity contribution in [3.05, 3.63) is 52.2 Å². The van der Waals surface area contributed by atoms with Crippen LogP contribution >= 0.6 is 0 Å². The Kier molecular flexibility index (Phi) is 5.61. The molecule has 3 heterocycles. The molecular formula is C23H27FN4O2. The molecule has 2 aliphatic rings. The Bertz CT molecular complexity index is 976. The molecule has 7 heteroatoms. The fraction of sp³-hybridized carbons (Fsp3) is 0.522. The molecule has 0 N–H and O–H groups in total. The summed E-state index contributed by atoms with van der Waals surface area (Å²) in [6.45, 7) is 6.59. The number of hydrogen-bond donors (Lipinski definition) is 0. The first kappa shape index (κ1) is 20.5. The van der Waals surface area contributed by atoms with Crippen molar-refractivity contribution in [2.45, 2.75) is 58.0 Å². The van der Waals surface area contributed by atoms with E-state index in [1.807, 2.05) is 4.90 Å². The van der Waals surface area contributed by atoms with Crippen molar-refractivity contribution < 1.29 is 13.7 Å². The molecule has 1 unspecified atom stereocenters. The minimum atomic E-state index is -0.380. The average molecular weight is 410 g/mol. The molecule has 2 saturated heterocycles. The summed E-state index contributed by atoms with van der Waals surface area (Å²) in [6, 6.07) is 6.60. The quantitative estimate of drug-likeness (QED) is 0.766. The van der Waals surface area contributed by atoms with Crippen LogP contribution in [0.5, 0.6) is 0 Å². The third-order valence-corrected chi connectivity index (χ3v) is 6.75. The van der Waals surface area contributed by atoms with Gasteiger partial charge in [-0.25, -0.2) is 4.39 Å². The average Bonchev–Trinajstić information content (AvgIpc) is 3.18. The molecule has 1 spiro atoms. The Morgan fingerprint density at radius 3 is 2.70 bits per heavy atom. The van der Waals surface area contributed by atoms with Crippen LogP contribution < -0.4 is 0 Å². The number of likely N-dealkylation sites (tertiary alicyclic amines) is 2. The number of halogens is 1. The molecule has 4 rings (SSSR count). The van der Waals surface area contributed by atoms with E-state index < -0.39 is 0 Å². The van der Waals surface area contributed by atoms with Crippen LogP contribution in [0.4, 0.5) is 4.39 Å². The number of hydrogen-bond acceptors (Lipinski definition) is 5. The van der Waals surface area contributed by atoms with E-state index in [9.17, 15) is 14.4 Å². The van der Waals surface area contributed by atoms with Crippen molar-refractivity contribution in [2.75, 3.05) is 19.6 Å². The van der Waals surface area contributed by atoms with Crippen LogP contribution in [0.15, 0.2) is 22.7 Å². The summed E-state index contributed by atoms with van der Waals surface area (Å²) < 4.78 is 18.7. The van der Waals surface area contributed by atoms with Gasteiger partial charge in [-0.05, 0) is 70.2 Å². The highest BCUT2D eigenvalue weighted by molar-refractivity contribution is 5.96. The zero-order valence-electron chi connectivity index (χ0n) is 17.6. The highest BCUT2D eigenvalue weighted by atomic mass is 19.1. The first-order chi connectivity index (χ1) is 14.4. The molecule has 2 fully saturated rings. The van der Waals surface area contributed by atoms with Gasteiger partial charge in [-0.2, -0.15) is 5.26 Å². The van der Waals surface area contributed by atoms with Crippen LogP contribution in [-0.2, 0) is 6.54 Å². The fourth-order valence-corrected chi connectivity index (χ4v) is 5.13. The lowest BCUT2D eigenvalue weighted by molar-refractivity contribution is 0.0736. The topological polar surface area (TPSA) is 73.4 Å². The van der Waals surface area contributed by atoms with Crippen molar-refractivity contribution >= 4 is 5.91 Å². The smallest absolute Gasteiger partial charge is 0.259 e. The van der Waals surface area contributed by atoms with Gasteiger partial charge in [0, 0.05) is 25.2 Å². The summed E-state index contributed by atoms with van der Waals surface area (Å²) in [6.07, 6.45) is 5.02. The second-order valence-electron chi connectivity index (χ2n) is 8.51. The maximum Gasteiger partial charge on any atom is 0.259 e. The van der Waals surface area contributed by atoms with Crippen molar-refractivity contribution in [3.8, 4) is 6.07 Å². The van der Waals surface area contributed by atoms with Crippen LogP contribution in [0.2, 0.25) is 0 Å². The number of aromatic nitrogens is 1. The number of nitrogens with zero attached hydrogens (tertiary/aromatic N) is 4. The standard InChI is InChI=1S/C23H27FN4O2/c1-16-21(17(2)30-26-16)22(29)27-10-3-7-23(9-12-27)8-4-11-28(23)15-18-5-6-20(24)13-19(18)14-25/h5-6,13H,3-4,7-12,15H2,1-2H3. The van der Waals surface area contributed by atoms with E-state index in [1.165, 1.54) is 12.1 Å². The van der Waals surface area contributed by atoms with E-state index in [0.717, 1.165) is 50.8 Å². The molecule has 30 heavy (non-hydrogen) atoms. The maximum atomic E-state index is 13.5. The number of carbonyl (C=O) groups excluding carboxylic acids is 1. The van der Waals surface area contributed by atoms with Crippen LogP contribution in [0.25, 0.3) is 0 Å². The van der Waals surface area contributed by atoms with Gasteiger partial charge in [-0.15, -0.1) is 0 Å². The molecule has 2 aromatic rings. The summed E-state index contributed by atoms with van der Waals surface area (Å²) in [5, 5.41) is 13.3. The van der Waals surface area contributed by atoms with Crippen molar-refractivity contribution in [1.82, 2.24) is 15.0 Å². The second-order valence-corrected chi connectivity index (χ2v) is 8.51. The Morgan fingerprint density at radius 2 is 2.00 bits per heavy atom. The monoisotopic (exact) mass is 410 g/mol. The minimum absolute atomic E-state index is 0.00171. The van der Waals surface area contributed by atoms with E-state index in [4.69, 9.17) is 4.52 Å². The van der Waals surface area contributed by atoms with Crippen LogP contribution in [0, 0.1) is 31.0 Å². The second kappa shape index (κ2) is 8.19. The van der Waals surface area contributed by atoms with Gasteiger partial charge in [0.15, 0.2) is 0 Å². The Hall–Kier alpha value is -2.72. The SMILES string of the molecule is Cc1noc(C)c1C(=O)N1CCCC2(CCCN2Cc2ccc(F)cc2C#N)CC1. The normalized spacial score (nSPS) is 22.3. The van der Waals surface area contributed by atoms with Gasteiger partial charge >= 0.3 is 0 Å². The molecule has 1 amide bonds. The molecule has 0 radical (unpaired) electrons. The molecule has 6 nitrogen and oxygen atoms in total. The highest BCUT2D eigenvalue weighted by Gasteiger charge is 2.42. The Morgan fingerprint density at radius 1 is 1.23 bits per heavy atom. The summed E-state index contributed by atoms with van der Waals surface area (Å²) in [4.78, 5) is 17.5. The fourth-order valence-electron chi connectivity index (χ4n) is 5.13. The van der Waals surface area contributed by atoms with E-state index in [-0.39, 0.29) is 17.3 Å². The van der Waals surface area contributed by atoms with Gasteiger partial charge in [0.05, 0.1) is 17.3 Å². The van der Waals surface area contributed by atoms with Gasteiger partial charge in [-0.3, -0.25) is 9.69 Å². The van der Waals surface area contributed by atoms with E-state index >= 15 is 0 Å². The van der Waals surface area contributed by atoms with Crippen LogP contribution in [0.3, 0.4) is 0 Å². The zero-order valence-corrected chi connectivity index (χ0v) is 17.6. The van der Waals surface area contributed by atoms with Crippen molar-refractivity contribution in [2.24, 2.45) is 0 Å². The van der Waals surface area contributed by atoms with Crippen LogP contribution in [0.1, 0.15) is 65.0 Å². The summed E-state index contributed by atoms with van der Waals surface area (Å²) in [5.41, 5.74) is 2.52. The predicted octanol–water partition coefficient (Wildman–Crippen LogP) is 3.96. The number of amides is 1. The summed E-state index contributed by atoms with van der Waals surface area (Å²) in [5.74, 6) is 0.187. The molecule has 1 atom stereocenters. The lowest BCUT2D eigenvalue weighted by Crippen LogP contribution is -2.44. The number of rotatable bonds is 3. The molecule has 0 aliphatic carbocycles. The van der Waals surface area contributed by atoms with Crippen molar-refractivity contribution in [1.29, 1.82) is 5.26 Å². The zero-order chi connectivity index (χ0) is 21.3. The minimum Gasteiger partial charge on any atom is -0.361 e. The number of benzene rings is 1. The van der Waals surface area contributed by atoms with Gasteiger partial charge < -0.3 is 9.42 Å². The molecule has 2 aliphatic heterocycles. The van der Waals surface area contributed by atoms with Gasteiger partial charge in [0.25, 0.3) is 5.91 Å². The molecule has 0 bridgehead atoms. The Labute approximate surface area is 176 Å². The molecule has 0 saturated carbocycles. The number of nitriles is 1. The van der Waals surface area contributed by atoms with Gasteiger partial charge in [0.2, 0.25) is 0 Å². The Balaban J connectivity index is 1.51. The number of carbonyl (C=O) groups is 1.